The van der Waals surface area contributed by atoms with Crippen molar-refractivity contribution in [3.05, 3.63) is 45.6 Å². The molecule has 1 saturated heterocycles. The van der Waals surface area contributed by atoms with Gasteiger partial charge in [-0.3, -0.25) is 4.90 Å². The van der Waals surface area contributed by atoms with E-state index in [0.717, 1.165) is 63.8 Å². The molecule has 1 aliphatic heterocycles. The number of nitrogens with one attached hydrogen (secondary N) is 1. The topological polar surface area (TPSA) is 37.0 Å². The Bertz CT molecular complexity index is 752. The smallest absolute Gasteiger partial charge is 0.173 e. The second kappa shape index (κ2) is 11.0. The molecule has 0 radical (unpaired) electrons. The summed E-state index contributed by atoms with van der Waals surface area (Å²) in [6.45, 7) is 6.38. The second-order valence-electron chi connectivity index (χ2n) is 6.58. The number of anilines is 1. The van der Waals surface area contributed by atoms with Crippen LogP contribution < -0.4 is 10.1 Å². The van der Waals surface area contributed by atoms with Crippen LogP contribution in [0, 0.1) is 0 Å². The summed E-state index contributed by atoms with van der Waals surface area (Å²) >= 11 is 13.6. The Labute approximate surface area is 181 Å². The molecule has 3 rings (SSSR count). The summed E-state index contributed by atoms with van der Waals surface area (Å²) in [6.07, 6.45) is 1.04. The van der Waals surface area contributed by atoms with Crippen LogP contribution in [0.4, 0.5) is 5.69 Å². The lowest BCUT2D eigenvalue weighted by Gasteiger charge is -2.29. The number of hydrogen-bond donors (Lipinski definition) is 1. The van der Waals surface area contributed by atoms with Gasteiger partial charge < -0.3 is 19.7 Å². The van der Waals surface area contributed by atoms with Crippen LogP contribution in [0.3, 0.4) is 0 Å². The van der Waals surface area contributed by atoms with E-state index in [0.29, 0.717) is 10.1 Å². The zero-order valence-corrected chi connectivity index (χ0v) is 18.4. The average molecular weight is 440 g/mol. The van der Waals surface area contributed by atoms with Gasteiger partial charge in [-0.1, -0.05) is 17.7 Å². The minimum atomic E-state index is 0.642. The van der Waals surface area contributed by atoms with Gasteiger partial charge in [0.2, 0.25) is 0 Å². The summed E-state index contributed by atoms with van der Waals surface area (Å²) in [5.41, 5.74) is 0.782. The molecule has 2 aromatic rings. The quantitative estimate of drug-likeness (QED) is 0.617. The fraction of sp³-hybridized carbons (Fsp3) is 0.450. The van der Waals surface area contributed by atoms with E-state index in [2.05, 4.69) is 32.6 Å². The van der Waals surface area contributed by atoms with Crippen molar-refractivity contribution in [2.75, 3.05) is 51.8 Å². The fourth-order valence-electron chi connectivity index (χ4n) is 3.13. The van der Waals surface area contributed by atoms with Crippen molar-refractivity contribution in [1.82, 2.24) is 9.80 Å². The van der Waals surface area contributed by atoms with Crippen LogP contribution in [0.15, 0.2) is 35.7 Å². The van der Waals surface area contributed by atoms with E-state index >= 15 is 0 Å². The third-order valence-corrected chi connectivity index (χ3v) is 6.08. The van der Waals surface area contributed by atoms with Crippen molar-refractivity contribution in [2.45, 2.75) is 13.0 Å². The van der Waals surface area contributed by atoms with Gasteiger partial charge in [-0.2, -0.15) is 0 Å². The number of halogens is 1. The van der Waals surface area contributed by atoms with Crippen LogP contribution in [0.1, 0.15) is 11.3 Å². The maximum Gasteiger partial charge on any atom is 0.173 e. The Morgan fingerprint density at radius 1 is 1.36 bits per heavy atom. The van der Waals surface area contributed by atoms with Gasteiger partial charge in [0.25, 0.3) is 0 Å². The van der Waals surface area contributed by atoms with Crippen LogP contribution in [-0.2, 0) is 11.3 Å². The number of nitrogens with zero attached hydrogens (tertiary/aromatic N) is 2. The summed E-state index contributed by atoms with van der Waals surface area (Å²) in [4.78, 5) is 5.94. The van der Waals surface area contributed by atoms with E-state index in [4.69, 9.17) is 33.3 Å². The molecule has 0 saturated carbocycles. The highest BCUT2D eigenvalue weighted by atomic mass is 35.5. The Hall–Kier alpha value is -1.38. The first-order chi connectivity index (χ1) is 13.7. The summed E-state index contributed by atoms with van der Waals surface area (Å²) in [5, 5.41) is 6.74. The van der Waals surface area contributed by atoms with E-state index in [1.807, 2.05) is 12.1 Å². The predicted molar refractivity (Wildman–Crippen MR) is 121 cm³/mol. The maximum atomic E-state index is 6.16. The Balaban J connectivity index is 1.63. The number of thiophene rings is 1. The van der Waals surface area contributed by atoms with Crippen LogP contribution in [0.25, 0.3) is 0 Å². The molecular weight excluding hydrogens is 414 g/mol. The van der Waals surface area contributed by atoms with Crippen molar-refractivity contribution >= 4 is 46.0 Å². The Morgan fingerprint density at radius 2 is 2.18 bits per heavy atom. The maximum absolute atomic E-state index is 6.16. The molecule has 1 aromatic heterocycles. The highest BCUT2D eigenvalue weighted by Crippen LogP contribution is 2.28. The molecule has 0 spiro atoms. The lowest BCUT2D eigenvalue weighted by molar-refractivity contribution is 0.0368. The summed E-state index contributed by atoms with van der Waals surface area (Å²) in [7, 11) is 1.64. The van der Waals surface area contributed by atoms with E-state index in [-0.39, 0.29) is 0 Å². The molecule has 5 nitrogen and oxygen atoms in total. The van der Waals surface area contributed by atoms with Crippen molar-refractivity contribution in [3.63, 3.8) is 0 Å². The number of ether oxygens (including phenoxy) is 2. The van der Waals surface area contributed by atoms with E-state index in [9.17, 15) is 0 Å². The number of benzene rings is 1. The monoisotopic (exact) mass is 439 g/mol. The van der Waals surface area contributed by atoms with Crippen LogP contribution >= 0.6 is 35.2 Å². The minimum absolute atomic E-state index is 0.642. The number of rotatable bonds is 8. The van der Waals surface area contributed by atoms with Gasteiger partial charge in [0.05, 0.1) is 32.6 Å². The normalized spacial score (nSPS) is 14.6. The Kier molecular flexibility index (Phi) is 8.36. The molecule has 0 bridgehead atoms. The number of methoxy groups -OCH3 is 1. The van der Waals surface area contributed by atoms with Crippen molar-refractivity contribution < 1.29 is 9.47 Å². The molecule has 0 atom stereocenters. The molecule has 28 heavy (non-hydrogen) atoms. The summed E-state index contributed by atoms with van der Waals surface area (Å²) in [6, 6.07) is 9.70. The van der Waals surface area contributed by atoms with Gasteiger partial charge in [-0.25, -0.2) is 0 Å². The van der Waals surface area contributed by atoms with Crippen LogP contribution in [0.2, 0.25) is 5.02 Å². The second-order valence-corrected chi connectivity index (χ2v) is 8.44. The lowest BCUT2D eigenvalue weighted by Crippen LogP contribution is -2.39. The summed E-state index contributed by atoms with van der Waals surface area (Å²) < 4.78 is 10.9. The van der Waals surface area contributed by atoms with E-state index in [1.54, 1.807) is 24.5 Å². The number of hydrogen-bond acceptors (Lipinski definition) is 5. The van der Waals surface area contributed by atoms with Crippen LogP contribution in [0.5, 0.6) is 5.75 Å². The minimum Gasteiger partial charge on any atom is -0.495 e. The summed E-state index contributed by atoms with van der Waals surface area (Å²) in [5.74, 6) is 0.719. The highest BCUT2D eigenvalue weighted by Gasteiger charge is 2.15. The first kappa shape index (κ1) is 21.3. The zero-order valence-electron chi connectivity index (χ0n) is 16.0. The average Bonchev–Trinajstić information content (AvgIpc) is 3.21. The fourth-order valence-corrected chi connectivity index (χ4v) is 4.28. The molecule has 1 fully saturated rings. The van der Waals surface area contributed by atoms with Crippen molar-refractivity contribution in [3.8, 4) is 5.75 Å². The molecule has 1 aromatic carbocycles. The molecule has 152 valence electrons. The molecule has 0 amide bonds. The number of thiocarbonyl (C=S) groups is 1. The highest BCUT2D eigenvalue weighted by molar-refractivity contribution is 7.80. The van der Waals surface area contributed by atoms with E-state index < -0.39 is 0 Å². The van der Waals surface area contributed by atoms with E-state index in [1.165, 1.54) is 4.88 Å². The van der Waals surface area contributed by atoms with Gasteiger partial charge in [-0.15, -0.1) is 11.3 Å². The molecule has 8 heteroatoms. The van der Waals surface area contributed by atoms with Gasteiger partial charge in [0.15, 0.2) is 5.11 Å². The van der Waals surface area contributed by atoms with Gasteiger partial charge >= 0.3 is 0 Å². The van der Waals surface area contributed by atoms with Gasteiger partial charge in [-0.05, 0) is 48.3 Å². The zero-order chi connectivity index (χ0) is 19.8. The lowest BCUT2D eigenvalue weighted by atomic mass is 10.3. The third-order valence-electron chi connectivity index (χ3n) is 4.62. The first-order valence-electron chi connectivity index (χ1n) is 9.37. The third kappa shape index (κ3) is 6.32. The van der Waals surface area contributed by atoms with Gasteiger partial charge in [0.1, 0.15) is 5.75 Å². The van der Waals surface area contributed by atoms with Crippen molar-refractivity contribution in [2.24, 2.45) is 0 Å². The SMILES string of the molecule is COc1ccc(Cl)cc1NC(=S)N(CCCN1CCOCC1)Cc1cccs1. The first-order valence-corrected chi connectivity index (χ1v) is 11.0. The molecule has 1 N–H and O–H groups in total. The standard InChI is InChI=1S/C20H26ClN3O2S2/c1-25-19-6-5-16(21)14-18(19)22-20(27)24(15-17-4-2-13-28-17)8-3-7-23-9-11-26-12-10-23/h2,4-6,13-14H,3,7-12,15H2,1H3,(H,22,27). The van der Waals surface area contributed by atoms with Crippen LogP contribution in [-0.4, -0.2) is 61.4 Å². The largest absolute Gasteiger partial charge is 0.495 e. The molecule has 0 aliphatic carbocycles. The molecule has 1 aliphatic rings. The van der Waals surface area contributed by atoms with Gasteiger partial charge in [0, 0.05) is 36.1 Å². The Morgan fingerprint density at radius 3 is 2.89 bits per heavy atom. The molecule has 2 heterocycles. The van der Waals surface area contributed by atoms with Crippen molar-refractivity contribution in [1.29, 1.82) is 0 Å². The molecular formula is C20H26ClN3O2S2. The predicted octanol–water partition coefficient (Wildman–Crippen LogP) is 4.33. The molecule has 0 unspecified atom stereocenters. The number of morpholine rings is 1.